The number of allylic oxidation sites excluding steroid dienone is 12. The molecule has 0 bridgehead atoms. The van der Waals surface area contributed by atoms with Crippen molar-refractivity contribution < 1.29 is 52.2 Å². The summed E-state index contributed by atoms with van der Waals surface area (Å²) in [5.41, 5.74) is 5.33. The Balaban J connectivity index is 2.35. The number of carboxylic acid groups (broad SMARTS) is 1. The molecule has 346 valence electrons. The van der Waals surface area contributed by atoms with Crippen LogP contribution in [0.1, 0.15) is 155 Å². The fourth-order valence-corrected chi connectivity index (χ4v) is 6.56. The van der Waals surface area contributed by atoms with E-state index in [4.69, 9.17) is 29.6 Å². The van der Waals surface area contributed by atoms with E-state index in [0.29, 0.717) is 31.5 Å². The average Bonchev–Trinajstić information content (AvgIpc) is 3.99. The predicted octanol–water partition coefficient (Wildman–Crippen LogP) is 11.3. The first-order valence-electron chi connectivity index (χ1n) is 22.7. The number of phosphoric ester groups is 1. The Labute approximate surface area is 367 Å². The summed E-state index contributed by atoms with van der Waals surface area (Å²) in [5.74, 6) is -2.51. The number of unbranched alkanes of at least 4 members (excludes halogenated alkanes) is 10. The highest BCUT2D eigenvalue weighted by Crippen LogP contribution is 2.43. The minimum Gasteiger partial charge on any atom is -0.480 e. The first-order chi connectivity index (χ1) is 29.6. The molecule has 5 atom stereocenters. The van der Waals surface area contributed by atoms with Gasteiger partial charge >= 0.3 is 25.7 Å². The standard InChI is InChI=1S/C48H78NO11P/c1-3-5-7-9-11-12-13-14-15-16-17-18-19-20-21-22-25-30-34-38-47(51)59-42(40-57-61(54,55)58-41-43(49)48(52)53)39-56-46(50)37-33-29-26-23-24-28-32-36-45-44(60-45)35-31-27-10-8-6-4-2/h11-12,14-15,17-18,20-21,23,26-28,31-32,42-45H,3-10,13,16,19,22,24-25,29-30,33-41,49H2,1-2H3,(H,52,53)(H,54,55)/b12-11-,15-14-,18-17-,21-20-,26-23-,31-27-,32-28-/t42-,43+,44?,45?/m1/s1. The van der Waals surface area contributed by atoms with Crippen LogP contribution in [-0.2, 0) is 42.2 Å². The maximum atomic E-state index is 12.6. The van der Waals surface area contributed by atoms with Gasteiger partial charge in [-0.3, -0.25) is 23.4 Å². The molecule has 4 N–H and O–H groups in total. The van der Waals surface area contributed by atoms with Crippen molar-refractivity contribution in [2.45, 2.75) is 179 Å². The molecule has 0 amide bonds. The van der Waals surface area contributed by atoms with Crippen molar-refractivity contribution in [1.29, 1.82) is 0 Å². The van der Waals surface area contributed by atoms with Crippen LogP contribution in [0, 0.1) is 0 Å². The third kappa shape index (κ3) is 35.9. The first kappa shape index (κ1) is 55.6. The van der Waals surface area contributed by atoms with Crippen LogP contribution >= 0.6 is 7.82 Å². The second kappa shape index (κ2) is 38.3. The summed E-state index contributed by atoms with van der Waals surface area (Å²) in [5, 5.41) is 8.90. The molecule has 12 nitrogen and oxygen atoms in total. The molecule has 0 aromatic heterocycles. The molecule has 1 aliphatic heterocycles. The van der Waals surface area contributed by atoms with Crippen molar-refractivity contribution in [3.63, 3.8) is 0 Å². The van der Waals surface area contributed by atoms with Gasteiger partial charge in [0.1, 0.15) is 12.6 Å². The van der Waals surface area contributed by atoms with Crippen LogP contribution in [0.25, 0.3) is 0 Å². The van der Waals surface area contributed by atoms with Crippen LogP contribution in [0.5, 0.6) is 0 Å². The summed E-state index contributed by atoms with van der Waals surface area (Å²) >= 11 is 0. The zero-order valence-electron chi connectivity index (χ0n) is 37.2. The van der Waals surface area contributed by atoms with E-state index in [1.807, 2.05) is 12.2 Å². The van der Waals surface area contributed by atoms with Gasteiger partial charge in [0, 0.05) is 12.8 Å². The van der Waals surface area contributed by atoms with E-state index in [9.17, 15) is 23.8 Å². The van der Waals surface area contributed by atoms with Crippen LogP contribution in [0.3, 0.4) is 0 Å². The minimum absolute atomic E-state index is 0.104. The van der Waals surface area contributed by atoms with Gasteiger partial charge in [0.2, 0.25) is 0 Å². The van der Waals surface area contributed by atoms with Gasteiger partial charge in [-0.25, -0.2) is 4.57 Å². The monoisotopic (exact) mass is 876 g/mol. The summed E-state index contributed by atoms with van der Waals surface area (Å²) in [6.45, 7) is 2.63. The molecule has 0 aromatic rings. The lowest BCUT2D eigenvalue weighted by Gasteiger charge is -2.20. The molecular weight excluding hydrogens is 797 g/mol. The maximum Gasteiger partial charge on any atom is 0.472 e. The summed E-state index contributed by atoms with van der Waals surface area (Å²) in [4.78, 5) is 46.0. The van der Waals surface area contributed by atoms with Crippen molar-refractivity contribution in [1.82, 2.24) is 0 Å². The van der Waals surface area contributed by atoms with E-state index >= 15 is 0 Å². The van der Waals surface area contributed by atoms with Crippen molar-refractivity contribution in [3.05, 3.63) is 85.1 Å². The Morgan fingerprint density at radius 3 is 1.57 bits per heavy atom. The third-order valence-corrected chi connectivity index (χ3v) is 10.5. The molecule has 13 heteroatoms. The highest BCUT2D eigenvalue weighted by atomic mass is 31.2. The molecule has 0 spiro atoms. The second-order valence-corrected chi connectivity index (χ2v) is 16.7. The molecule has 1 fully saturated rings. The van der Waals surface area contributed by atoms with Gasteiger partial charge in [-0.2, -0.15) is 0 Å². The number of carbonyl (C=O) groups is 3. The van der Waals surface area contributed by atoms with Crippen molar-refractivity contribution in [2.24, 2.45) is 5.73 Å². The number of hydrogen-bond acceptors (Lipinski definition) is 10. The van der Waals surface area contributed by atoms with Crippen LogP contribution in [0.2, 0.25) is 0 Å². The lowest BCUT2D eigenvalue weighted by Crippen LogP contribution is -2.34. The molecule has 0 aromatic carbocycles. The van der Waals surface area contributed by atoms with Crippen LogP contribution < -0.4 is 5.73 Å². The fourth-order valence-electron chi connectivity index (χ4n) is 5.79. The predicted molar refractivity (Wildman–Crippen MR) is 244 cm³/mol. The molecule has 0 radical (unpaired) electrons. The van der Waals surface area contributed by atoms with E-state index in [1.165, 1.54) is 38.5 Å². The average molecular weight is 876 g/mol. The molecule has 1 rings (SSSR count). The second-order valence-electron chi connectivity index (χ2n) is 15.2. The molecule has 1 heterocycles. The Kier molecular flexibility index (Phi) is 34.9. The third-order valence-electron chi connectivity index (χ3n) is 9.52. The fraction of sp³-hybridized carbons (Fsp3) is 0.646. The number of aliphatic carboxylic acids is 1. The molecule has 0 saturated carbocycles. The zero-order chi connectivity index (χ0) is 44.7. The normalized spacial score (nSPS) is 17.8. The number of esters is 2. The van der Waals surface area contributed by atoms with Crippen molar-refractivity contribution in [3.8, 4) is 0 Å². The Morgan fingerprint density at radius 1 is 0.590 bits per heavy atom. The van der Waals surface area contributed by atoms with Gasteiger partial charge in [0.05, 0.1) is 25.4 Å². The molecule has 0 aliphatic carbocycles. The Bertz CT molecular complexity index is 1420. The van der Waals surface area contributed by atoms with Crippen LogP contribution in [0.4, 0.5) is 0 Å². The van der Waals surface area contributed by atoms with E-state index in [1.54, 1.807) is 0 Å². The lowest BCUT2D eigenvalue weighted by atomic mass is 10.1. The SMILES string of the molecule is CCCCC/C=C\C/C=C\C/C=C\C/C=C\CCCCCC(=O)O[C@H](COC(=O)CCC/C=C\C/C=C\CC1OC1C/C=C\CCCCC)COP(=O)(O)OC[C@H](N)C(=O)O. The van der Waals surface area contributed by atoms with E-state index < -0.39 is 57.7 Å². The lowest BCUT2D eigenvalue weighted by molar-refractivity contribution is -0.161. The number of hydrogen-bond donors (Lipinski definition) is 3. The van der Waals surface area contributed by atoms with E-state index in [-0.39, 0.29) is 12.8 Å². The summed E-state index contributed by atoms with van der Waals surface area (Å²) in [7, 11) is -4.75. The number of nitrogens with two attached hydrogens (primary N) is 1. The van der Waals surface area contributed by atoms with Gasteiger partial charge in [-0.1, -0.05) is 131 Å². The summed E-state index contributed by atoms with van der Waals surface area (Å²) in [6, 6.07) is -1.54. The number of epoxide rings is 1. The number of carbonyl (C=O) groups excluding carboxylic acids is 2. The minimum atomic E-state index is -4.75. The van der Waals surface area contributed by atoms with E-state index in [2.05, 4.69) is 91.3 Å². The number of ether oxygens (including phenoxy) is 3. The molecule has 1 saturated heterocycles. The van der Waals surface area contributed by atoms with Gasteiger partial charge < -0.3 is 29.9 Å². The van der Waals surface area contributed by atoms with E-state index in [0.717, 1.165) is 70.6 Å². The smallest absolute Gasteiger partial charge is 0.472 e. The number of carboxylic acids is 1. The van der Waals surface area contributed by atoms with Crippen LogP contribution in [0.15, 0.2) is 85.1 Å². The highest BCUT2D eigenvalue weighted by molar-refractivity contribution is 7.47. The molecule has 1 aliphatic rings. The maximum absolute atomic E-state index is 12.6. The Morgan fingerprint density at radius 2 is 1.03 bits per heavy atom. The zero-order valence-corrected chi connectivity index (χ0v) is 38.1. The number of phosphoric acid groups is 1. The quantitative estimate of drug-likeness (QED) is 0.0174. The molecular formula is C48H78NO11P. The van der Waals surface area contributed by atoms with Crippen molar-refractivity contribution >= 4 is 25.7 Å². The van der Waals surface area contributed by atoms with Crippen LogP contribution in [-0.4, -0.2) is 72.1 Å². The largest absolute Gasteiger partial charge is 0.480 e. The van der Waals surface area contributed by atoms with Gasteiger partial charge in [-0.05, 0) is 96.3 Å². The van der Waals surface area contributed by atoms with Crippen molar-refractivity contribution in [2.75, 3.05) is 19.8 Å². The number of rotatable bonds is 40. The van der Waals surface area contributed by atoms with Gasteiger partial charge in [-0.15, -0.1) is 0 Å². The highest BCUT2D eigenvalue weighted by Gasteiger charge is 2.36. The summed E-state index contributed by atoms with van der Waals surface area (Å²) < 4.78 is 38.4. The molecule has 61 heavy (non-hydrogen) atoms. The van der Waals surface area contributed by atoms with Gasteiger partial charge in [0.25, 0.3) is 0 Å². The topological polar surface area (TPSA) is 184 Å². The first-order valence-corrected chi connectivity index (χ1v) is 24.2. The molecule has 3 unspecified atom stereocenters. The summed E-state index contributed by atoms with van der Waals surface area (Å²) in [6.07, 6.45) is 49.6. The van der Waals surface area contributed by atoms with Gasteiger partial charge in [0.15, 0.2) is 6.10 Å². The Hall–Kier alpha value is -3.38.